The number of nitrogens with zero attached hydrogens (tertiary/aromatic N) is 2. The summed E-state index contributed by atoms with van der Waals surface area (Å²) >= 11 is 0. The van der Waals surface area contributed by atoms with Crippen molar-refractivity contribution in [2.75, 3.05) is 0 Å². The molecule has 90 valence electrons. The maximum Gasteiger partial charge on any atom is 0.337 e. The molecule has 0 spiro atoms. The third-order valence-corrected chi connectivity index (χ3v) is 2.35. The van der Waals surface area contributed by atoms with Crippen molar-refractivity contribution < 1.29 is 19.8 Å². The lowest BCUT2D eigenvalue weighted by molar-refractivity contribution is 0.0686. The first-order valence-electron chi connectivity index (χ1n) is 4.95. The van der Waals surface area contributed by atoms with Gasteiger partial charge in [-0.2, -0.15) is 0 Å². The predicted molar refractivity (Wildman–Crippen MR) is 61.4 cm³/mol. The highest BCUT2D eigenvalue weighted by Crippen LogP contribution is 2.23. The van der Waals surface area contributed by atoms with E-state index in [0.717, 1.165) is 0 Å². The SMILES string of the molecule is O=C(O)c1cncc(-c2ccncc2C(=O)O)c1. The van der Waals surface area contributed by atoms with E-state index in [9.17, 15) is 9.59 Å². The Labute approximate surface area is 102 Å². The Morgan fingerprint density at radius 3 is 2.44 bits per heavy atom. The number of hydrogen-bond acceptors (Lipinski definition) is 4. The molecule has 6 heteroatoms. The summed E-state index contributed by atoms with van der Waals surface area (Å²) in [6.07, 6.45) is 5.27. The second-order valence-electron chi connectivity index (χ2n) is 3.49. The van der Waals surface area contributed by atoms with Crippen molar-refractivity contribution in [3.05, 3.63) is 48.0 Å². The summed E-state index contributed by atoms with van der Waals surface area (Å²) in [5, 5.41) is 17.9. The molecule has 0 aromatic carbocycles. The molecule has 2 heterocycles. The normalized spacial score (nSPS) is 10.0. The summed E-state index contributed by atoms with van der Waals surface area (Å²) < 4.78 is 0. The van der Waals surface area contributed by atoms with Crippen molar-refractivity contribution in [1.82, 2.24) is 9.97 Å². The van der Waals surface area contributed by atoms with Gasteiger partial charge in [0.05, 0.1) is 11.1 Å². The van der Waals surface area contributed by atoms with Crippen LogP contribution in [0, 0.1) is 0 Å². The number of carboxylic acids is 2. The molecule has 0 aliphatic heterocycles. The van der Waals surface area contributed by atoms with Crippen LogP contribution in [0.25, 0.3) is 11.1 Å². The molecule has 0 saturated carbocycles. The highest BCUT2D eigenvalue weighted by atomic mass is 16.4. The van der Waals surface area contributed by atoms with Gasteiger partial charge in [0.2, 0.25) is 0 Å². The number of hydrogen-bond donors (Lipinski definition) is 2. The molecule has 0 atom stereocenters. The molecule has 0 aliphatic rings. The van der Waals surface area contributed by atoms with Gasteiger partial charge in [0.25, 0.3) is 0 Å². The van der Waals surface area contributed by atoms with Crippen molar-refractivity contribution >= 4 is 11.9 Å². The number of carbonyl (C=O) groups is 2. The number of aromatic nitrogens is 2. The van der Waals surface area contributed by atoms with Crippen LogP contribution in [0.1, 0.15) is 20.7 Å². The molecule has 0 bridgehead atoms. The monoisotopic (exact) mass is 244 g/mol. The molecule has 2 aromatic rings. The van der Waals surface area contributed by atoms with Gasteiger partial charge in [-0.3, -0.25) is 9.97 Å². The predicted octanol–water partition coefficient (Wildman–Crippen LogP) is 1.54. The van der Waals surface area contributed by atoms with Crippen LogP contribution in [0.5, 0.6) is 0 Å². The van der Waals surface area contributed by atoms with E-state index in [1.165, 1.54) is 36.9 Å². The molecule has 18 heavy (non-hydrogen) atoms. The van der Waals surface area contributed by atoms with Crippen LogP contribution in [0.15, 0.2) is 36.9 Å². The number of rotatable bonds is 3. The number of aromatic carboxylic acids is 2. The molecule has 2 N–H and O–H groups in total. The maximum absolute atomic E-state index is 11.0. The van der Waals surface area contributed by atoms with E-state index in [1.54, 1.807) is 0 Å². The Balaban J connectivity index is 2.58. The van der Waals surface area contributed by atoms with Gasteiger partial charge >= 0.3 is 11.9 Å². The zero-order valence-electron chi connectivity index (χ0n) is 9.07. The molecule has 0 aliphatic carbocycles. The lowest BCUT2D eigenvalue weighted by Crippen LogP contribution is -2.02. The van der Waals surface area contributed by atoms with E-state index in [-0.39, 0.29) is 11.1 Å². The van der Waals surface area contributed by atoms with E-state index in [2.05, 4.69) is 9.97 Å². The van der Waals surface area contributed by atoms with Crippen LogP contribution >= 0.6 is 0 Å². The summed E-state index contributed by atoms with van der Waals surface area (Å²) in [7, 11) is 0. The molecular formula is C12H8N2O4. The first kappa shape index (κ1) is 11.7. The Morgan fingerprint density at radius 2 is 1.78 bits per heavy atom. The Morgan fingerprint density at radius 1 is 1.00 bits per heavy atom. The van der Waals surface area contributed by atoms with Crippen molar-refractivity contribution in [3.63, 3.8) is 0 Å². The zero-order chi connectivity index (χ0) is 13.1. The van der Waals surface area contributed by atoms with Gasteiger partial charge < -0.3 is 10.2 Å². The fourth-order valence-corrected chi connectivity index (χ4v) is 1.52. The number of carboxylic acid groups (broad SMARTS) is 2. The minimum atomic E-state index is -1.13. The molecule has 0 amide bonds. The molecule has 0 radical (unpaired) electrons. The van der Waals surface area contributed by atoms with Crippen molar-refractivity contribution in [2.45, 2.75) is 0 Å². The van der Waals surface area contributed by atoms with Crippen LogP contribution in [0.3, 0.4) is 0 Å². The summed E-state index contributed by atoms with van der Waals surface area (Å²) in [5.41, 5.74) is 0.810. The van der Waals surface area contributed by atoms with Gasteiger partial charge in [0.15, 0.2) is 0 Å². The van der Waals surface area contributed by atoms with E-state index in [0.29, 0.717) is 11.1 Å². The quantitative estimate of drug-likeness (QED) is 0.849. The van der Waals surface area contributed by atoms with Crippen LogP contribution in [-0.4, -0.2) is 32.1 Å². The second kappa shape index (κ2) is 4.62. The lowest BCUT2D eigenvalue weighted by atomic mass is 10.0. The van der Waals surface area contributed by atoms with E-state index < -0.39 is 11.9 Å². The average Bonchev–Trinajstić information content (AvgIpc) is 2.39. The minimum Gasteiger partial charge on any atom is -0.478 e. The smallest absolute Gasteiger partial charge is 0.337 e. The van der Waals surface area contributed by atoms with Crippen LogP contribution in [0.4, 0.5) is 0 Å². The first-order chi connectivity index (χ1) is 8.59. The topological polar surface area (TPSA) is 100 Å². The van der Waals surface area contributed by atoms with Gasteiger partial charge in [0, 0.05) is 35.9 Å². The Kier molecular flexibility index (Phi) is 3.01. The minimum absolute atomic E-state index is 0.000603. The molecular weight excluding hydrogens is 236 g/mol. The van der Waals surface area contributed by atoms with Crippen LogP contribution in [-0.2, 0) is 0 Å². The summed E-state index contributed by atoms with van der Waals surface area (Å²) in [6.45, 7) is 0. The number of pyridine rings is 2. The lowest BCUT2D eigenvalue weighted by Gasteiger charge is -2.05. The van der Waals surface area contributed by atoms with Crippen LogP contribution in [0.2, 0.25) is 0 Å². The van der Waals surface area contributed by atoms with Gasteiger partial charge in [-0.1, -0.05) is 0 Å². The third kappa shape index (κ3) is 2.17. The zero-order valence-corrected chi connectivity index (χ0v) is 9.07. The van der Waals surface area contributed by atoms with E-state index in [4.69, 9.17) is 10.2 Å². The van der Waals surface area contributed by atoms with Gasteiger partial charge in [-0.15, -0.1) is 0 Å². The van der Waals surface area contributed by atoms with Crippen molar-refractivity contribution in [2.24, 2.45) is 0 Å². The van der Waals surface area contributed by atoms with E-state index in [1.807, 2.05) is 0 Å². The van der Waals surface area contributed by atoms with E-state index >= 15 is 0 Å². The molecule has 2 rings (SSSR count). The van der Waals surface area contributed by atoms with Crippen LogP contribution < -0.4 is 0 Å². The second-order valence-corrected chi connectivity index (χ2v) is 3.49. The van der Waals surface area contributed by atoms with Crippen molar-refractivity contribution in [1.29, 1.82) is 0 Å². The molecule has 0 saturated heterocycles. The standard InChI is InChI=1S/C12H8N2O4/c15-11(16)8-3-7(4-14-5-8)9-1-2-13-6-10(9)12(17)18/h1-6H,(H,15,16)(H,17,18). The van der Waals surface area contributed by atoms with Gasteiger partial charge in [-0.25, -0.2) is 9.59 Å². The molecule has 0 fully saturated rings. The average molecular weight is 244 g/mol. The first-order valence-corrected chi connectivity index (χ1v) is 4.95. The Bertz CT molecular complexity index is 625. The highest BCUT2D eigenvalue weighted by molar-refractivity contribution is 5.96. The fraction of sp³-hybridized carbons (Fsp3) is 0. The van der Waals surface area contributed by atoms with Gasteiger partial charge in [-0.05, 0) is 12.1 Å². The van der Waals surface area contributed by atoms with Gasteiger partial charge in [0.1, 0.15) is 0 Å². The summed E-state index contributed by atoms with van der Waals surface area (Å²) in [4.78, 5) is 29.4. The summed E-state index contributed by atoms with van der Waals surface area (Å²) in [6, 6.07) is 2.88. The largest absolute Gasteiger partial charge is 0.478 e. The third-order valence-electron chi connectivity index (χ3n) is 2.35. The highest BCUT2D eigenvalue weighted by Gasteiger charge is 2.13. The van der Waals surface area contributed by atoms with Crippen molar-refractivity contribution in [3.8, 4) is 11.1 Å². The Hall–Kier alpha value is -2.76. The molecule has 0 unspecified atom stereocenters. The summed E-state index contributed by atoms with van der Waals surface area (Å²) in [5.74, 6) is -2.24. The molecule has 6 nitrogen and oxygen atoms in total. The maximum atomic E-state index is 11.0. The molecule has 2 aromatic heterocycles. The fourth-order valence-electron chi connectivity index (χ4n) is 1.52.